The summed E-state index contributed by atoms with van der Waals surface area (Å²) in [7, 11) is -3.19. The second kappa shape index (κ2) is 8.28. The first-order valence-electron chi connectivity index (χ1n) is 7.88. The Hall–Kier alpha value is -1.89. The molecule has 0 radical (unpaired) electrons. The van der Waals surface area contributed by atoms with E-state index < -0.39 is 19.7 Å². The number of para-hydroxylation sites is 1. The molecule has 0 spiro atoms. The van der Waals surface area contributed by atoms with Crippen LogP contribution in [0.5, 0.6) is 0 Å². The van der Waals surface area contributed by atoms with Gasteiger partial charge in [0, 0.05) is 0 Å². The molecule has 9 heteroatoms. The number of hydrogen-bond donors (Lipinski definition) is 3. The van der Waals surface area contributed by atoms with E-state index in [1.165, 1.54) is 0 Å². The number of carbonyl (C=O) groups is 1. The Kier molecular flexibility index (Phi) is 6.36. The van der Waals surface area contributed by atoms with Gasteiger partial charge in [0.2, 0.25) is 0 Å². The molecule has 8 nitrogen and oxygen atoms in total. The van der Waals surface area contributed by atoms with Crippen molar-refractivity contribution >= 4 is 25.1 Å². The van der Waals surface area contributed by atoms with E-state index in [4.69, 9.17) is 14.5 Å². The number of rotatable bonds is 9. The number of anilines is 1. The zero-order valence-corrected chi connectivity index (χ0v) is 14.7. The van der Waals surface area contributed by atoms with Crippen molar-refractivity contribution in [1.82, 2.24) is 10.3 Å². The number of nitrogens with zero attached hydrogens (tertiary/aromatic N) is 1. The Bertz CT molecular complexity index is 615. The van der Waals surface area contributed by atoms with E-state index in [2.05, 4.69) is 10.7 Å². The van der Waals surface area contributed by atoms with Gasteiger partial charge in [-0.2, -0.15) is 5.01 Å². The lowest BCUT2D eigenvalue weighted by molar-refractivity contribution is 0.218. The van der Waals surface area contributed by atoms with Crippen LogP contribution in [0.3, 0.4) is 0 Å². The highest BCUT2D eigenvalue weighted by molar-refractivity contribution is 7.53. The molecule has 2 amide bonds. The Labute approximate surface area is 141 Å². The summed E-state index contributed by atoms with van der Waals surface area (Å²) in [5.74, 6) is 0.0726. The predicted octanol–water partition coefficient (Wildman–Crippen LogP) is 3.04. The Morgan fingerprint density at radius 2 is 1.88 bits per heavy atom. The molecule has 2 rings (SSSR count). The quantitative estimate of drug-likeness (QED) is 0.591. The molecule has 1 saturated heterocycles. The van der Waals surface area contributed by atoms with Crippen molar-refractivity contribution in [2.75, 3.05) is 24.8 Å². The third kappa shape index (κ3) is 4.56. The lowest BCUT2D eigenvalue weighted by Crippen LogP contribution is -2.36. The highest BCUT2D eigenvalue weighted by Gasteiger charge is 2.37. The van der Waals surface area contributed by atoms with Gasteiger partial charge in [-0.05, 0) is 32.4 Å². The Morgan fingerprint density at radius 1 is 1.25 bits per heavy atom. The van der Waals surface area contributed by atoms with Crippen molar-refractivity contribution < 1.29 is 18.4 Å². The molecule has 1 atom stereocenters. The van der Waals surface area contributed by atoms with Gasteiger partial charge < -0.3 is 14.4 Å². The lowest BCUT2D eigenvalue weighted by Gasteiger charge is -2.20. The van der Waals surface area contributed by atoms with Crippen LogP contribution in [0.1, 0.15) is 20.3 Å². The molecule has 1 aromatic carbocycles. The molecule has 1 unspecified atom stereocenters. The van der Waals surface area contributed by atoms with Gasteiger partial charge >= 0.3 is 13.6 Å². The van der Waals surface area contributed by atoms with Gasteiger partial charge in [0.15, 0.2) is 0 Å². The van der Waals surface area contributed by atoms with Crippen LogP contribution in [0.4, 0.5) is 10.5 Å². The van der Waals surface area contributed by atoms with Crippen LogP contribution in [0.2, 0.25) is 0 Å². The lowest BCUT2D eigenvalue weighted by atomic mass is 10.2. The van der Waals surface area contributed by atoms with Gasteiger partial charge in [-0.1, -0.05) is 18.2 Å². The summed E-state index contributed by atoms with van der Waals surface area (Å²) in [5, 5.41) is 12.0. The number of urea groups is 1. The molecule has 0 aliphatic carbocycles. The number of benzene rings is 1. The first-order chi connectivity index (χ1) is 11.5. The summed E-state index contributed by atoms with van der Waals surface area (Å²) in [6.45, 7) is 4.06. The maximum absolute atomic E-state index is 12.5. The fraction of sp³-hybridized carbons (Fsp3) is 0.467. The van der Waals surface area contributed by atoms with Crippen molar-refractivity contribution in [2.45, 2.75) is 26.3 Å². The standard InChI is InChI=1S/C15H23N4O4P/c1-3-22-24(21,23-4-2)11-10-13-14(16)19(15(20)17-13)18-12-8-6-5-7-9-12/h5-9,13,16,18H,3-4,10-11H2,1-2H3,(H,17,20). The Balaban J connectivity index is 1.97. The van der Waals surface area contributed by atoms with Crippen molar-refractivity contribution in [1.29, 1.82) is 5.41 Å². The molecule has 0 saturated carbocycles. The zero-order chi connectivity index (χ0) is 17.6. The van der Waals surface area contributed by atoms with Gasteiger partial charge in [0.05, 0.1) is 31.1 Å². The molecule has 1 fully saturated rings. The minimum atomic E-state index is -3.19. The third-order valence-electron chi connectivity index (χ3n) is 3.43. The number of carbonyl (C=O) groups excluding carboxylic acids is 1. The Morgan fingerprint density at radius 3 is 2.46 bits per heavy atom. The normalized spacial score (nSPS) is 17.9. The first-order valence-corrected chi connectivity index (χ1v) is 9.60. The maximum atomic E-state index is 12.5. The summed E-state index contributed by atoms with van der Waals surface area (Å²) in [5.41, 5.74) is 3.58. The number of hydrazine groups is 1. The average Bonchev–Trinajstić information content (AvgIpc) is 2.82. The second-order valence-corrected chi connectivity index (χ2v) is 7.34. The van der Waals surface area contributed by atoms with E-state index in [0.29, 0.717) is 12.1 Å². The van der Waals surface area contributed by atoms with Crippen LogP contribution < -0.4 is 10.7 Å². The van der Waals surface area contributed by atoms with Crippen LogP contribution in [-0.2, 0) is 13.6 Å². The number of amides is 2. The summed E-state index contributed by atoms with van der Waals surface area (Å²) in [4.78, 5) is 12.1. The van der Waals surface area contributed by atoms with E-state index in [0.717, 1.165) is 5.01 Å². The monoisotopic (exact) mass is 354 g/mol. The molecule has 0 aromatic heterocycles. The summed E-state index contributed by atoms with van der Waals surface area (Å²) >= 11 is 0. The fourth-order valence-electron chi connectivity index (χ4n) is 2.36. The second-order valence-electron chi connectivity index (χ2n) is 5.16. The summed E-state index contributed by atoms with van der Waals surface area (Å²) in [6.07, 6.45) is 0.440. The van der Waals surface area contributed by atoms with Gasteiger partial charge in [-0.25, -0.2) is 4.79 Å². The zero-order valence-electron chi connectivity index (χ0n) is 13.8. The van der Waals surface area contributed by atoms with E-state index in [9.17, 15) is 9.36 Å². The van der Waals surface area contributed by atoms with Gasteiger partial charge in [-0.15, -0.1) is 0 Å². The van der Waals surface area contributed by atoms with Crippen molar-refractivity contribution in [2.24, 2.45) is 0 Å². The highest BCUT2D eigenvalue weighted by atomic mass is 31.2. The van der Waals surface area contributed by atoms with Crippen LogP contribution in [0.15, 0.2) is 30.3 Å². The van der Waals surface area contributed by atoms with Crippen LogP contribution in [0, 0.1) is 5.41 Å². The van der Waals surface area contributed by atoms with Gasteiger partial charge in [0.25, 0.3) is 0 Å². The minimum absolute atomic E-state index is 0.0726. The maximum Gasteiger partial charge on any atom is 0.342 e. The molecule has 24 heavy (non-hydrogen) atoms. The number of hydrogen-bond acceptors (Lipinski definition) is 6. The van der Waals surface area contributed by atoms with E-state index >= 15 is 0 Å². The summed E-state index contributed by atoms with van der Waals surface area (Å²) < 4.78 is 22.9. The van der Waals surface area contributed by atoms with Crippen molar-refractivity contribution in [3.8, 4) is 0 Å². The van der Waals surface area contributed by atoms with E-state index in [1.54, 1.807) is 26.0 Å². The van der Waals surface area contributed by atoms with Crippen molar-refractivity contribution in [3.63, 3.8) is 0 Å². The third-order valence-corrected chi connectivity index (χ3v) is 5.54. The largest absolute Gasteiger partial charge is 0.342 e. The molecule has 1 aliphatic rings. The van der Waals surface area contributed by atoms with E-state index in [1.807, 2.05) is 18.2 Å². The van der Waals surface area contributed by atoms with Gasteiger partial charge in [-0.3, -0.25) is 15.4 Å². The SMILES string of the molecule is CCOP(=O)(CCC1NC(=O)N(Nc2ccccc2)C1=N)OCC. The van der Waals surface area contributed by atoms with Crippen LogP contribution in [-0.4, -0.2) is 42.3 Å². The average molecular weight is 354 g/mol. The molecule has 0 bridgehead atoms. The van der Waals surface area contributed by atoms with Crippen LogP contribution in [0.25, 0.3) is 0 Å². The topological polar surface area (TPSA) is 104 Å². The number of nitrogens with one attached hydrogen (secondary N) is 3. The van der Waals surface area contributed by atoms with Gasteiger partial charge in [0.1, 0.15) is 5.84 Å². The predicted molar refractivity (Wildman–Crippen MR) is 92.3 cm³/mol. The molecule has 1 heterocycles. The fourth-order valence-corrected chi connectivity index (χ4v) is 4.05. The summed E-state index contributed by atoms with van der Waals surface area (Å²) in [6, 6.07) is 8.16. The minimum Gasteiger partial charge on any atom is -0.326 e. The van der Waals surface area contributed by atoms with Crippen molar-refractivity contribution in [3.05, 3.63) is 30.3 Å². The first kappa shape index (κ1) is 18.4. The molecule has 132 valence electrons. The molecule has 1 aliphatic heterocycles. The molecule has 1 aromatic rings. The van der Waals surface area contributed by atoms with E-state index in [-0.39, 0.29) is 25.2 Å². The molecular formula is C15H23N4O4P. The number of amidine groups is 1. The molecular weight excluding hydrogens is 331 g/mol. The highest BCUT2D eigenvalue weighted by Crippen LogP contribution is 2.48. The molecule has 3 N–H and O–H groups in total. The van der Waals surface area contributed by atoms with Crippen LogP contribution >= 0.6 is 7.60 Å². The smallest absolute Gasteiger partial charge is 0.326 e.